The third-order valence-electron chi connectivity index (χ3n) is 3.13. The van der Waals surface area contributed by atoms with E-state index >= 15 is 0 Å². The van der Waals surface area contributed by atoms with Gasteiger partial charge in [-0.05, 0) is 18.1 Å². The summed E-state index contributed by atoms with van der Waals surface area (Å²) in [5.41, 5.74) is 8.53. The van der Waals surface area contributed by atoms with Crippen molar-refractivity contribution >= 4 is 28.7 Å². The van der Waals surface area contributed by atoms with Crippen LogP contribution in [-0.2, 0) is 0 Å². The number of rotatable bonds is 4. The van der Waals surface area contributed by atoms with Gasteiger partial charge in [-0.3, -0.25) is 0 Å². The Labute approximate surface area is 124 Å². The summed E-state index contributed by atoms with van der Waals surface area (Å²) in [6.07, 6.45) is 1.60. The maximum absolute atomic E-state index is 5.67. The maximum Gasteiger partial charge on any atom is 0.136 e. The summed E-state index contributed by atoms with van der Waals surface area (Å²) in [5.74, 6) is 1.22. The van der Waals surface area contributed by atoms with Crippen LogP contribution < -0.4 is 10.6 Å². The number of aromatic nitrogens is 2. The Bertz CT molecular complexity index is 625. The topological polar surface area (TPSA) is 55.0 Å². The second-order valence-electron chi connectivity index (χ2n) is 4.93. The van der Waals surface area contributed by atoms with Gasteiger partial charge in [0.25, 0.3) is 0 Å². The first-order valence-electron chi connectivity index (χ1n) is 6.44. The number of hydrogen-bond donors (Lipinski definition) is 1. The largest absolute Gasteiger partial charge is 0.389 e. The van der Waals surface area contributed by atoms with Gasteiger partial charge in [0, 0.05) is 30.1 Å². The fourth-order valence-electron chi connectivity index (χ4n) is 1.86. The van der Waals surface area contributed by atoms with E-state index in [1.807, 2.05) is 42.3 Å². The first-order chi connectivity index (χ1) is 9.49. The summed E-state index contributed by atoms with van der Waals surface area (Å²) >= 11 is 5.01. The van der Waals surface area contributed by atoms with Gasteiger partial charge < -0.3 is 10.6 Å². The highest BCUT2D eigenvalue weighted by Crippen LogP contribution is 2.24. The highest BCUT2D eigenvalue weighted by Gasteiger charge is 2.09. The monoisotopic (exact) mass is 286 g/mol. The summed E-state index contributed by atoms with van der Waals surface area (Å²) in [6.45, 7) is 4.22. The van der Waals surface area contributed by atoms with E-state index in [1.165, 1.54) is 0 Å². The second-order valence-corrected chi connectivity index (χ2v) is 5.37. The molecule has 2 aromatic rings. The van der Waals surface area contributed by atoms with Gasteiger partial charge in [-0.25, -0.2) is 9.97 Å². The van der Waals surface area contributed by atoms with Crippen molar-refractivity contribution in [2.75, 3.05) is 11.9 Å². The summed E-state index contributed by atoms with van der Waals surface area (Å²) in [5, 5.41) is 0. The first-order valence-corrected chi connectivity index (χ1v) is 6.85. The van der Waals surface area contributed by atoms with Crippen LogP contribution in [0.5, 0.6) is 0 Å². The molecule has 0 aliphatic carbocycles. The molecule has 0 saturated carbocycles. The molecule has 0 amide bonds. The Hall–Kier alpha value is -2.01. The van der Waals surface area contributed by atoms with Gasteiger partial charge in [0.2, 0.25) is 0 Å². The third kappa shape index (κ3) is 3.11. The van der Waals surface area contributed by atoms with E-state index in [0.717, 1.165) is 22.8 Å². The van der Waals surface area contributed by atoms with Crippen LogP contribution >= 0.6 is 12.2 Å². The molecular formula is C15H18N4S. The Morgan fingerprint density at radius 2 is 2.00 bits per heavy atom. The average molecular weight is 286 g/mol. The van der Waals surface area contributed by atoms with Crippen LogP contribution in [-0.4, -0.2) is 22.0 Å². The molecule has 2 N–H and O–H groups in total. The molecule has 0 unspecified atom stereocenters. The minimum atomic E-state index is 0.369. The van der Waals surface area contributed by atoms with Gasteiger partial charge in [-0.15, -0.1) is 0 Å². The average Bonchev–Trinajstić information content (AvgIpc) is 2.46. The highest BCUT2D eigenvalue weighted by atomic mass is 32.1. The standard InChI is InChI=1S/C15H18N4S/c1-10(2)13-8-14(18-9-17-13)19(3)12-6-4-5-11(7-12)15(16)20/h4-10H,1-3H3,(H2,16,20). The fraction of sp³-hybridized carbons (Fsp3) is 0.267. The maximum atomic E-state index is 5.67. The van der Waals surface area contributed by atoms with Crippen molar-refractivity contribution in [1.82, 2.24) is 9.97 Å². The molecule has 0 aliphatic heterocycles. The highest BCUT2D eigenvalue weighted by molar-refractivity contribution is 7.80. The zero-order valence-electron chi connectivity index (χ0n) is 11.9. The molecule has 0 bridgehead atoms. The molecule has 2 rings (SSSR count). The zero-order chi connectivity index (χ0) is 14.7. The predicted molar refractivity (Wildman–Crippen MR) is 86.5 cm³/mol. The van der Waals surface area contributed by atoms with E-state index in [-0.39, 0.29) is 0 Å². The molecule has 0 spiro atoms. The van der Waals surface area contributed by atoms with E-state index in [9.17, 15) is 0 Å². The molecule has 20 heavy (non-hydrogen) atoms. The smallest absolute Gasteiger partial charge is 0.136 e. The lowest BCUT2D eigenvalue weighted by atomic mass is 10.1. The number of hydrogen-bond acceptors (Lipinski definition) is 4. The lowest BCUT2D eigenvalue weighted by Crippen LogP contribution is -2.14. The van der Waals surface area contributed by atoms with Crippen LogP contribution in [0.1, 0.15) is 31.0 Å². The van der Waals surface area contributed by atoms with Crippen LogP contribution in [0, 0.1) is 0 Å². The molecule has 5 heteroatoms. The molecule has 0 fully saturated rings. The molecule has 4 nitrogen and oxygen atoms in total. The van der Waals surface area contributed by atoms with Gasteiger partial charge in [-0.1, -0.05) is 38.2 Å². The number of anilines is 2. The van der Waals surface area contributed by atoms with Gasteiger partial charge >= 0.3 is 0 Å². The van der Waals surface area contributed by atoms with Gasteiger partial charge in [0.1, 0.15) is 17.1 Å². The lowest BCUT2D eigenvalue weighted by Gasteiger charge is -2.19. The summed E-state index contributed by atoms with van der Waals surface area (Å²) in [6, 6.07) is 9.79. The van der Waals surface area contributed by atoms with Crippen molar-refractivity contribution in [3.05, 3.63) is 47.9 Å². The zero-order valence-corrected chi connectivity index (χ0v) is 12.7. The van der Waals surface area contributed by atoms with Crippen molar-refractivity contribution in [2.24, 2.45) is 5.73 Å². The number of benzene rings is 1. The summed E-state index contributed by atoms with van der Waals surface area (Å²) in [4.78, 5) is 11.0. The van der Waals surface area contributed by atoms with Crippen LogP contribution in [0.4, 0.5) is 11.5 Å². The molecule has 1 aromatic carbocycles. The lowest BCUT2D eigenvalue weighted by molar-refractivity contribution is 0.812. The van der Waals surface area contributed by atoms with E-state index in [2.05, 4.69) is 23.8 Å². The van der Waals surface area contributed by atoms with Gasteiger partial charge in [0.05, 0.1) is 0 Å². The SMILES string of the molecule is CC(C)c1cc(N(C)c2cccc(C(N)=S)c2)ncn1. The Morgan fingerprint density at radius 3 is 2.65 bits per heavy atom. The van der Waals surface area contributed by atoms with Gasteiger partial charge in [-0.2, -0.15) is 0 Å². The summed E-state index contributed by atoms with van der Waals surface area (Å²) < 4.78 is 0. The second kappa shape index (κ2) is 5.96. The fourth-order valence-corrected chi connectivity index (χ4v) is 1.99. The van der Waals surface area contributed by atoms with Crippen LogP contribution in [0.2, 0.25) is 0 Å². The number of nitrogens with zero attached hydrogens (tertiary/aromatic N) is 3. The van der Waals surface area contributed by atoms with E-state index in [1.54, 1.807) is 6.33 Å². The Morgan fingerprint density at radius 1 is 1.25 bits per heavy atom. The molecule has 0 aliphatic rings. The van der Waals surface area contributed by atoms with Crippen molar-refractivity contribution < 1.29 is 0 Å². The van der Waals surface area contributed by atoms with E-state index in [4.69, 9.17) is 18.0 Å². The number of nitrogens with two attached hydrogens (primary N) is 1. The Kier molecular flexibility index (Phi) is 4.29. The summed E-state index contributed by atoms with van der Waals surface area (Å²) in [7, 11) is 1.96. The molecule has 0 radical (unpaired) electrons. The molecule has 104 valence electrons. The van der Waals surface area contributed by atoms with Crippen LogP contribution in [0.3, 0.4) is 0 Å². The third-order valence-corrected chi connectivity index (χ3v) is 3.36. The molecule has 1 aromatic heterocycles. The quantitative estimate of drug-likeness (QED) is 0.876. The molecule has 0 atom stereocenters. The van der Waals surface area contributed by atoms with E-state index < -0.39 is 0 Å². The molecule has 0 saturated heterocycles. The van der Waals surface area contributed by atoms with Crippen molar-refractivity contribution in [2.45, 2.75) is 19.8 Å². The first kappa shape index (κ1) is 14.4. The minimum absolute atomic E-state index is 0.369. The number of thiocarbonyl (C=S) groups is 1. The van der Waals surface area contributed by atoms with E-state index in [0.29, 0.717) is 10.9 Å². The minimum Gasteiger partial charge on any atom is -0.389 e. The van der Waals surface area contributed by atoms with Gasteiger partial charge in [0.15, 0.2) is 0 Å². The van der Waals surface area contributed by atoms with Crippen LogP contribution in [0.25, 0.3) is 0 Å². The molecular weight excluding hydrogens is 268 g/mol. The van der Waals surface area contributed by atoms with Crippen molar-refractivity contribution in [3.63, 3.8) is 0 Å². The molecule has 1 heterocycles. The predicted octanol–water partition coefficient (Wildman–Crippen LogP) is 3.00. The Balaban J connectivity index is 2.35. The van der Waals surface area contributed by atoms with Crippen molar-refractivity contribution in [3.8, 4) is 0 Å². The van der Waals surface area contributed by atoms with Crippen molar-refractivity contribution in [1.29, 1.82) is 0 Å². The normalized spacial score (nSPS) is 10.6. The van der Waals surface area contributed by atoms with Crippen LogP contribution in [0.15, 0.2) is 36.7 Å².